The molecule has 0 radical (unpaired) electrons. The molecule has 7 nitrogen and oxygen atoms in total. The van der Waals surface area contributed by atoms with Crippen molar-refractivity contribution in [2.45, 2.75) is 44.1 Å². The molecule has 1 fully saturated rings. The van der Waals surface area contributed by atoms with E-state index in [1.807, 2.05) is 0 Å². The third-order valence-electron chi connectivity index (χ3n) is 3.65. The van der Waals surface area contributed by atoms with Gasteiger partial charge < -0.3 is 25.2 Å². The number of aliphatic carboxylic acids is 1. The van der Waals surface area contributed by atoms with E-state index < -0.39 is 17.5 Å². The van der Waals surface area contributed by atoms with Gasteiger partial charge in [0.1, 0.15) is 5.54 Å². The topological polar surface area (TPSA) is 96.9 Å². The average molecular weight is 302 g/mol. The van der Waals surface area contributed by atoms with Crippen molar-refractivity contribution >= 4 is 12.0 Å². The summed E-state index contributed by atoms with van der Waals surface area (Å²) in [6.07, 6.45) is 4.36. The summed E-state index contributed by atoms with van der Waals surface area (Å²) in [4.78, 5) is 23.2. The number of carbonyl (C=O) groups excluding carboxylic acids is 1. The number of urea groups is 1. The summed E-state index contributed by atoms with van der Waals surface area (Å²) in [5.41, 5.74) is -1.10. The lowest BCUT2D eigenvalue weighted by atomic mass is 9.82. The molecule has 0 unspecified atom stereocenters. The summed E-state index contributed by atoms with van der Waals surface area (Å²) in [6, 6.07) is -0.420. The number of rotatable bonds is 9. The van der Waals surface area contributed by atoms with E-state index in [-0.39, 0.29) is 0 Å². The molecule has 0 bridgehead atoms. The Bertz CT molecular complexity index is 329. The minimum atomic E-state index is -1.10. The van der Waals surface area contributed by atoms with Crippen molar-refractivity contribution < 1.29 is 24.2 Å². The van der Waals surface area contributed by atoms with Crippen LogP contribution in [0.3, 0.4) is 0 Å². The second-order valence-corrected chi connectivity index (χ2v) is 5.29. The van der Waals surface area contributed by atoms with E-state index in [0.29, 0.717) is 45.6 Å². The predicted octanol–water partition coefficient (Wildman–Crippen LogP) is 1.13. The first kappa shape index (κ1) is 17.7. The molecule has 21 heavy (non-hydrogen) atoms. The van der Waals surface area contributed by atoms with Gasteiger partial charge in [0, 0.05) is 20.3 Å². The number of amides is 2. The van der Waals surface area contributed by atoms with Gasteiger partial charge in [0.25, 0.3) is 0 Å². The molecule has 1 aliphatic rings. The fraction of sp³-hybridized carbons (Fsp3) is 0.857. The normalized spacial score (nSPS) is 17.2. The summed E-state index contributed by atoms with van der Waals surface area (Å²) in [7, 11) is 1.61. The zero-order valence-corrected chi connectivity index (χ0v) is 12.7. The number of methoxy groups -OCH3 is 1. The van der Waals surface area contributed by atoms with Crippen molar-refractivity contribution in [3.05, 3.63) is 0 Å². The Hall–Kier alpha value is -1.34. The fourth-order valence-electron chi connectivity index (χ4n) is 2.43. The molecule has 7 heteroatoms. The zero-order chi connectivity index (χ0) is 15.6. The quantitative estimate of drug-likeness (QED) is 0.555. The van der Waals surface area contributed by atoms with Gasteiger partial charge in [-0.15, -0.1) is 0 Å². The first-order chi connectivity index (χ1) is 10.1. The van der Waals surface area contributed by atoms with Crippen LogP contribution >= 0.6 is 0 Å². The average Bonchev–Trinajstić information content (AvgIpc) is 2.47. The van der Waals surface area contributed by atoms with Crippen LogP contribution in [0, 0.1) is 0 Å². The number of hydrogen-bond donors (Lipinski definition) is 3. The number of carbonyl (C=O) groups is 2. The lowest BCUT2D eigenvalue weighted by Gasteiger charge is -2.33. The van der Waals surface area contributed by atoms with Crippen LogP contribution in [0.1, 0.15) is 38.5 Å². The molecule has 0 spiro atoms. The molecule has 3 N–H and O–H groups in total. The summed E-state index contributed by atoms with van der Waals surface area (Å²) in [5, 5.41) is 14.7. The van der Waals surface area contributed by atoms with Crippen LogP contribution in [-0.2, 0) is 14.3 Å². The van der Waals surface area contributed by atoms with Gasteiger partial charge in [0.2, 0.25) is 0 Å². The molecule has 0 aromatic carbocycles. The van der Waals surface area contributed by atoms with Gasteiger partial charge in [-0.3, -0.25) is 0 Å². The lowest BCUT2D eigenvalue weighted by Crippen LogP contribution is -2.58. The second kappa shape index (κ2) is 9.57. The third kappa shape index (κ3) is 6.31. The SMILES string of the molecule is COCCOCCCNC(=O)NC1(C(=O)O)CCCCC1. The number of ether oxygens (including phenoxy) is 2. The molecule has 0 aliphatic heterocycles. The highest BCUT2D eigenvalue weighted by Crippen LogP contribution is 2.28. The van der Waals surface area contributed by atoms with E-state index in [9.17, 15) is 14.7 Å². The lowest BCUT2D eigenvalue weighted by molar-refractivity contribution is -0.145. The Morgan fingerprint density at radius 2 is 1.86 bits per heavy atom. The Morgan fingerprint density at radius 3 is 2.48 bits per heavy atom. The number of nitrogens with one attached hydrogen (secondary N) is 2. The predicted molar refractivity (Wildman–Crippen MR) is 77.3 cm³/mol. The highest BCUT2D eigenvalue weighted by molar-refractivity contribution is 5.86. The van der Waals surface area contributed by atoms with Crippen LogP contribution in [0.25, 0.3) is 0 Å². The largest absolute Gasteiger partial charge is 0.480 e. The highest BCUT2D eigenvalue weighted by atomic mass is 16.5. The van der Waals surface area contributed by atoms with Crippen LogP contribution < -0.4 is 10.6 Å². The maximum Gasteiger partial charge on any atom is 0.329 e. The van der Waals surface area contributed by atoms with Gasteiger partial charge in [-0.1, -0.05) is 19.3 Å². The van der Waals surface area contributed by atoms with E-state index in [1.54, 1.807) is 7.11 Å². The monoisotopic (exact) mass is 302 g/mol. The van der Waals surface area contributed by atoms with Gasteiger partial charge in [-0.25, -0.2) is 9.59 Å². The molecule has 0 atom stereocenters. The Kier molecular flexibility index (Phi) is 8.07. The van der Waals surface area contributed by atoms with E-state index in [2.05, 4.69) is 10.6 Å². The highest BCUT2D eigenvalue weighted by Gasteiger charge is 2.40. The van der Waals surface area contributed by atoms with Crippen LogP contribution in [0.5, 0.6) is 0 Å². The molecule has 2 amide bonds. The Morgan fingerprint density at radius 1 is 1.14 bits per heavy atom. The van der Waals surface area contributed by atoms with Gasteiger partial charge >= 0.3 is 12.0 Å². The standard InChI is InChI=1S/C14H26N2O5/c1-20-10-11-21-9-5-8-15-13(19)16-14(12(17)18)6-3-2-4-7-14/h2-11H2,1H3,(H,17,18)(H2,15,16,19). The van der Waals surface area contributed by atoms with Crippen molar-refractivity contribution in [1.29, 1.82) is 0 Å². The first-order valence-corrected chi connectivity index (χ1v) is 7.47. The summed E-state index contributed by atoms with van der Waals surface area (Å²) in [6.45, 7) is 2.07. The maximum atomic E-state index is 11.8. The minimum Gasteiger partial charge on any atom is -0.480 e. The molecule has 1 aliphatic carbocycles. The third-order valence-corrected chi connectivity index (χ3v) is 3.65. The molecular weight excluding hydrogens is 276 g/mol. The van der Waals surface area contributed by atoms with E-state index in [1.165, 1.54) is 0 Å². The molecule has 1 saturated carbocycles. The molecule has 122 valence electrons. The number of carboxylic acids is 1. The first-order valence-electron chi connectivity index (χ1n) is 7.47. The van der Waals surface area contributed by atoms with Crippen LogP contribution in [0.15, 0.2) is 0 Å². The van der Waals surface area contributed by atoms with Gasteiger partial charge in [-0.05, 0) is 19.3 Å². The van der Waals surface area contributed by atoms with Crippen molar-refractivity contribution in [3.63, 3.8) is 0 Å². The fourth-order valence-corrected chi connectivity index (χ4v) is 2.43. The Labute approximate surface area is 125 Å². The summed E-state index contributed by atoms with van der Waals surface area (Å²) < 4.78 is 10.1. The number of hydrogen-bond acceptors (Lipinski definition) is 4. The van der Waals surface area contributed by atoms with Gasteiger partial charge in [-0.2, -0.15) is 0 Å². The van der Waals surface area contributed by atoms with E-state index in [4.69, 9.17) is 9.47 Å². The number of carboxylic acid groups (broad SMARTS) is 1. The van der Waals surface area contributed by atoms with Crippen LogP contribution in [-0.4, -0.2) is 56.1 Å². The van der Waals surface area contributed by atoms with E-state index >= 15 is 0 Å². The minimum absolute atomic E-state index is 0.420. The molecule has 0 heterocycles. The molecule has 1 rings (SSSR count). The smallest absolute Gasteiger partial charge is 0.329 e. The molecular formula is C14H26N2O5. The molecule has 0 aromatic heterocycles. The summed E-state index contributed by atoms with van der Waals surface area (Å²) in [5.74, 6) is -0.944. The van der Waals surface area contributed by atoms with Crippen LogP contribution in [0.2, 0.25) is 0 Å². The Balaban J connectivity index is 2.21. The van der Waals surface area contributed by atoms with Crippen LogP contribution in [0.4, 0.5) is 4.79 Å². The van der Waals surface area contributed by atoms with Crippen molar-refractivity contribution in [3.8, 4) is 0 Å². The van der Waals surface area contributed by atoms with Crippen molar-refractivity contribution in [1.82, 2.24) is 10.6 Å². The second-order valence-electron chi connectivity index (χ2n) is 5.29. The van der Waals surface area contributed by atoms with Gasteiger partial charge in [0.15, 0.2) is 0 Å². The van der Waals surface area contributed by atoms with Gasteiger partial charge in [0.05, 0.1) is 13.2 Å². The van der Waals surface area contributed by atoms with E-state index in [0.717, 1.165) is 19.3 Å². The summed E-state index contributed by atoms with van der Waals surface area (Å²) >= 11 is 0. The molecule has 0 aromatic rings. The van der Waals surface area contributed by atoms with Crippen molar-refractivity contribution in [2.75, 3.05) is 33.5 Å². The molecule has 0 saturated heterocycles. The maximum absolute atomic E-state index is 11.8. The van der Waals surface area contributed by atoms with Crippen molar-refractivity contribution in [2.24, 2.45) is 0 Å². The zero-order valence-electron chi connectivity index (χ0n) is 12.7.